The first-order valence-electron chi connectivity index (χ1n) is 10.7. The SMILES string of the molecule is O=C1NC(Cc2ccccc2)(Cc2ccccc2)C(=O)N1Cc1nc(-c2ccccc2)no1. The molecule has 0 spiro atoms. The number of hydrogen-bond donors (Lipinski definition) is 1. The summed E-state index contributed by atoms with van der Waals surface area (Å²) in [5.41, 5.74) is 1.63. The van der Waals surface area contributed by atoms with E-state index in [0.29, 0.717) is 18.7 Å². The molecule has 1 aliphatic rings. The van der Waals surface area contributed by atoms with Gasteiger partial charge in [-0.1, -0.05) is 96.2 Å². The molecule has 0 unspecified atom stereocenters. The molecule has 1 aliphatic heterocycles. The smallest absolute Gasteiger partial charge is 0.325 e. The Labute approximate surface area is 191 Å². The van der Waals surface area contributed by atoms with E-state index in [-0.39, 0.29) is 18.3 Å². The van der Waals surface area contributed by atoms with E-state index >= 15 is 0 Å². The van der Waals surface area contributed by atoms with Crippen LogP contribution < -0.4 is 5.32 Å². The van der Waals surface area contributed by atoms with Crippen molar-refractivity contribution in [3.8, 4) is 11.4 Å². The first-order chi connectivity index (χ1) is 16.1. The van der Waals surface area contributed by atoms with Gasteiger partial charge in [0.2, 0.25) is 11.7 Å². The molecule has 0 aliphatic carbocycles. The molecule has 0 atom stereocenters. The van der Waals surface area contributed by atoms with Gasteiger partial charge >= 0.3 is 6.03 Å². The largest absolute Gasteiger partial charge is 0.337 e. The zero-order chi connectivity index (χ0) is 22.7. The first kappa shape index (κ1) is 20.6. The Morgan fingerprint density at radius 1 is 0.788 bits per heavy atom. The number of carbonyl (C=O) groups excluding carboxylic acids is 2. The molecule has 1 N–H and O–H groups in total. The lowest BCUT2D eigenvalue weighted by Gasteiger charge is -2.27. The van der Waals surface area contributed by atoms with Gasteiger partial charge in [0.15, 0.2) is 0 Å². The van der Waals surface area contributed by atoms with Gasteiger partial charge in [-0.3, -0.25) is 9.69 Å². The molecular weight excluding hydrogens is 416 g/mol. The normalized spacial score (nSPS) is 15.0. The van der Waals surface area contributed by atoms with E-state index in [9.17, 15) is 9.59 Å². The van der Waals surface area contributed by atoms with E-state index in [1.165, 1.54) is 0 Å². The maximum atomic E-state index is 13.7. The number of urea groups is 1. The van der Waals surface area contributed by atoms with Crippen molar-refractivity contribution in [3.63, 3.8) is 0 Å². The standard InChI is InChI=1S/C26H22N4O3/c31-24-26(16-19-10-4-1-5-11-19,17-20-12-6-2-7-13-20)28-25(32)30(24)18-22-27-23(29-33-22)21-14-8-3-9-15-21/h1-15H,16-18H2,(H,28,32). The lowest BCUT2D eigenvalue weighted by atomic mass is 9.84. The van der Waals surface area contributed by atoms with Crippen molar-refractivity contribution in [1.29, 1.82) is 0 Å². The maximum Gasteiger partial charge on any atom is 0.325 e. The fourth-order valence-electron chi connectivity index (χ4n) is 4.17. The fraction of sp³-hybridized carbons (Fsp3) is 0.154. The zero-order valence-electron chi connectivity index (χ0n) is 17.8. The molecule has 5 rings (SSSR count). The number of rotatable bonds is 7. The van der Waals surface area contributed by atoms with Gasteiger partial charge in [0.1, 0.15) is 12.1 Å². The summed E-state index contributed by atoms with van der Waals surface area (Å²) in [6.07, 6.45) is 0.756. The monoisotopic (exact) mass is 438 g/mol. The molecule has 33 heavy (non-hydrogen) atoms. The van der Waals surface area contributed by atoms with Crippen LogP contribution in [0.3, 0.4) is 0 Å². The molecule has 4 aromatic rings. The van der Waals surface area contributed by atoms with Gasteiger partial charge in [-0.2, -0.15) is 4.98 Å². The predicted molar refractivity (Wildman–Crippen MR) is 122 cm³/mol. The summed E-state index contributed by atoms with van der Waals surface area (Å²) in [5.74, 6) is 0.310. The molecule has 0 bridgehead atoms. The highest BCUT2D eigenvalue weighted by Crippen LogP contribution is 2.28. The highest BCUT2D eigenvalue weighted by Gasteiger charge is 2.51. The van der Waals surface area contributed by atoms with Crippen molar-refractivity contribution in [1.82, 2.24) is 20.4 Å². The van der Waals surface area contributed by atoms with E-state index in [0.717, 1.165) is 21.6 Å². The number of hydrogen-bond acceptors (Lipinski definition) is 5. The Morgan fingerprint density at radius 2 is 1.33 bits per heavy atom. The second-order valence-electron chi connectivity index (χ2n) is 8.11. The maximum absolute atomic E-state index is 13.7. The van der Waals surface area contributed by atoms with Crippen LogP contribution in [-0.4, -0.2) is 32.5 Å². The van der Waals surface area contributed by atoms with Crippen LogP contribution in [0.4, 0.5) is 4.79 Å². The summed E-state index contributed by atoms with van der Waals surface area (Å²) in [6.45, 7) is -0.0875. The minimum absolute atomic E-state index is 0.0875. The number of imide groups is 1. The van der Waals surface area contributed by atoms with E-state index in [1.54, 1.807) is 0 Å². The third-order valence-electron chi connectivity index (χ3n) is 5.74. The van der Waals surface area contributed by atoms with Gasteiger partial charge in [-0.05, 0) is 11.1 Å². The second-order valence-corrected chi connectivity index (χ2v) is 8.11. The van der Waals surface area contributed by atoms with Crippen molar-refractivity contribution >= 4 is 11.9 Å². The number of carbonyl (C=O) groups is 2. The minimum atomic E-state index is -1.10. The van der Waals surface area contributed by atoms with Gasteiger partial charge in [0.05, 0.1) is 0 Å². The Balaban J connectivity index is 1.42. The highest BCUT2D eigenvalue weighted by atomic mass is 16.5. The summed E-state index contributed by atoms with van der Waals surface area (Å²) in [6, 6.07) is 28.3. The van der Waals surface area contributed by atoms with Crippen molar-refractivity contribution in [2.24, 2.45) is 0 Å². The fourth-order valence-corrected chi connectivity index (χ4v) is 4.17. The molecule has 1 fully saturated rings. The third kappa shape index (κ3) is 4.25. The molecule has 3 aromatic carbocycles. The van der Waals surface area contributed by atoms with Crippen LogP contribution in [-0.2, 0) is 24.2 Å². The van der Waals surface area contributed by atoms with Gasteiger partial charge in [0.25, 0.3) is 5.91 Å². The van der Waals surface area contributed by atoms with Crippen molar-refractivity contribution < 1.29 is 14.1 Å². The molecule has 2 heterocycles. The van der Waals surface area contributed by atoms with E-state index in [2.05, 4.69) is 15.5 Å². The van der Waals surface area contributed by atoms with Gasteiger partial charge < -0.3 is 9.84 Å². The molecule has 3 amide bonds. The van der Waals surface area contributed by atoms with Crippen molar-refractivity contribution in [3.05, 3.63) is 108 Å². The van der Waals surface area contributed by atoms with E-state index < -0.39 is 11.6 Å². The number of nitrogens with one attached hydrogen (secondary N) is 1. The number of amides is 3. The highest BCUT2D eigenvalue weighted by molar-refractivity contribution is 6.07. The second kappa shape index (κ2) is 8.70. The first-order valence-corrected chi connectivity index (χ1v) is 10.7. The summed E-state index contributed by atoms with van der Waals surface area (Å²) >= 11 is 0. The molecular formula is C26H22N4O3. The number of aromatic nitrogens is 2. The van der Waals surface area contributed by atoms with Crippen LogP contribution in [0.5, 0.6) is 0 Å². The molecule has 164 valence electrons. The van der Waals surface area contributed by atoms with Gasteiger partial charge in [-0.25, -0.2) is 4.79 Å². The lowest BCUT2D eigenvalue weighted by Crippen LogP contribution is -2.51. The molecule has 0 radical (unpaired) electrons. The molecule has 7 heteroatoms. The zero-order valence-corrected chi connectivity index (χ0v) is 17.8. The van der Waals surface area contributed by atoms with Gasteiger partial charge in [0, 0.05) is 18.4 Å². The molecule has 0 saturated carbocycles. The summed E-state index contributed by atoms with van der Waals surface area (Å²) in [4.78, 5) is 32.2. The van der Waals surface area contributed by atoms with E-state index in [4.69, 9.17) is 4.52 Å². The van der Waals surface area contributed by atoms with Crippen molar-refractivity contribution in [2.45, 2.75) is 24.9 Å². The Morgan fingerprint density at radius 3 is 1.91 bits per heavy atom. The average molecular weight is 438 g/mol. The van der Waals surface area contributed by atoms with Crippen LogP contribution in [0.15, 0.2) is 95.5 Å². The van der Waals surface area contributed by atoms with Crippen LogP contribution in [0, 0.1) is 0 Å². The number of benzene rings is 3. The Bertz CT molecular complexity index is 1210. The summed E-state index contributed by atoms with van der Waals surface area (Å²) < 4.78 is 5.35. The van der Waals surface area contributed by atoms with Crippen molar-refractivity contribution in [2.75, 3.05) is 0 Å². The van der Waals surface area contributed by atoms with Crippen LogP contribution in [0.1, 0.15) is 17.0 Å². The van der Waals surface area contributed by atoms with Gasteiger partial charge in [-0.15, -0.1) is 0 Å². The van der Waals surface area contributed by atoms with Crippen LogP contribution >= 0.6 is 0 Å². The Hall–Kier alpha value is -4.26. The molecule has 7 nitrogen and oxygen atoms in total. The number of nitrogens with zero attached hydrogens (tertiary/aromatic N) is 3. The third-order valence-corrected chi connectivity index (χ3v) is 5.74. The van der Waals surface area contributed by atoms with Crippen LogP contribution in [0.2, 0.25) is 0 Å². The van der Waals surface area contributed by atoms with E-state index in [1.807, 2.05) is 91.0 Å². The summed E-state index contributed by atoms with van der Waals surface area (Å²) in [7, 11) is 0. The summed E-state index contributed by atoms with van der Waals surface area (Å²) in [5, 5.41) is 6.97. The molecule has 1 aromatic heterocycles. The minimum Gasteiger partial charge on any atom is -0.337 e. The Kier molecular flexibility index (Phi) is 5.44. The lowest BCUT2D eigenvalue weighted by molar-refractivity contribution is -0.132. The topological polar surface area (TPSA) is 88.3 Å². The van der Waals surface area contributed by atoms with Crippen LogP contribution in [0.25, 0.3) is 11.4 Å². The quantitative estimate of drug-likeness (QED) is 0.441. The molecule has 1 saturated heterocycles. The average Bonchev–Trinajstić information content (AvgIpc) is 3.40. The predicted octanol–water partition coefficient (Wildman–Crippen LogP) is 4.01.